The average molecular weight is 335 g/mol. The average Bonchev–Trinajstić information content (AvgIpc) is 2.67. The van der Waals surface area contributed by atoms with E-state index in [2.05, 4.69) is 6.92 Å². The van der Waals surface area contributed by atoms with E-state index in [4.69, 9.17) is 4.74 Å². The van der Waals surface area contributed by atoms with Crippen LogP contribution in [0.1, 0.15) is 35.7 Å². The lowest BCUT2D eigenvalue weighted by Crippen LogP contribution is -2.20. The molecule has 4 nitrogen and oxygen atoms in total. The molecular formula is C21H21NO3. The predicted octanol–water partition coefficient (Wildman–Crippen LogP) is 4.04. The third-order valence-electron chi connectivity index (χ3n) is 4.34. The van der Waals surface area contributed by atoms with Gasteiger partial charge in [-0.2, -0.15) is 0 Å². The van der Waals surface area contributed by atoms with Gasteiger partial charge in [-0.3, -0.25) is 9.59 Å². The van der Waals surface area contributed by atoms with E-state index in [0.717, 1.165) is 24.9 Å². The molecule has 0 unspecified atom stereocenters. The van der Waals surface area contributed by atoms with Gasteiger partial charge >= 0.3 is 0 Å². The van der Waals surface area contributed by atoms with E-state index in [1.54, 1.807) is 43.6 Å². The Bertz CT molecular complexity index is 955. The molecule has 0 saturated carbocycles. The van der Waals surface area contributed by atoms with Crippen LogP contribution in [0.3, 0.4) is 0 Å². The standard InChI is InChI=1S/C21H21NO3/c1-3-4-13-22-14-18(21(24)17-7-5-6-8-19(17)22)20(23)15-9-11-16(25-2)12-10-15/h5-12,14H,3-4,13H2,1-2H3. The number of benzene rings is 2. The van der Waals surface area contributed by atoms with Crippen LogP contribution < -0.4 is 10.2 Å². The molecular weight excluding hydrogens is 314 g/mol. The van der Waals surface area contributed by atoms with Crippen molar-refractivity contribution in [2.75, 3.05) is 7.11 Å². The number of para-hydroxylation sites is 1. The molecule has 128 valence electrons. The predicted molar refractivity (Wildman–Crippen MR) is 99.5 cm³/mol. The second-order valence-electron chi connectivity index (χ2n) is 5.99. The molecule has 0 N–H and O–H groups in total. The van der Waals surface area contributed by atoms with Crippen LogP contribution in [0.5, 0.6) is 5.75 Å². The molecule has 0 atom stereocenters. The van der Waals surface area contributed by atoms with Crippen LogP contribution in [0, 0.1) is 0 Å². The molecule has 0 aliphatic heterocycles. The number of unbranched alkanes of at least 4 members (excludes halogenated alkanes) is 1. The fourth-order valence-electron chi connectivity index (χ4n) is 2.92. The second-order valence-corrected chi connectivity index (χ2v) is 5.99. The van der Waals surface area contributed by atoms with Crippen molar-refractivity contribution in [2.24, 2.45) is 0 Å². The Kier molecular flexibility index (Phi) is 4.98. The van der Waals surface area contributed by atoms with Gasteiger partial charge in [0.1, 0.15) is 5.75 Å². The van der Waals surface area contributed by atoms with Crippen LogP contribution in [0.4, 0.5) is 0 Å². The summed E-state index contributed by atoms with van der Waals surface area (Å²) in [6, 6.07) is 14.3. The van der Waals surface area contributed by atoms with E-state index in [9.17, 15) is 9.59 Å². The third kappa shape index (κ3) is 3.33. The molecule has 0 fully saturated rings. The molecule has 0 aliphatic rings. The van der Waals surface area contributed by atoms with Crippen molar-refractivity contribution >= 4 is 16.7 Å². The number of ether oxygens (including phenoxy) is 1. The lowest BCUT2D eigenvalue weighted by atomic mass is 10.0. The molecule has 0 saturated heterocycles. The maximum absolute atomic E-state index is 12.9. The molecule has 4 heteroatoms. The zero-order valence-corrected chi connectivity index (χ0v) is 14.5. The fraction of sp³-hybridized carbons (Fsp3) is 0.238. The van der Waals surface area contributed by atoms with Crippen molar-refractivity contribution in [3.05, 3.63) is 76.1 Å². The molecule has 0 radical (unpaired) electrons. The Morgan fingerprint density at radius 2 is 1.80 bits per heavy atom. The quantitative estimate of drug-likeness (QED) is 0.639. The molecule has 2 aromatic carbocycles. The van der Waals surface area contributed by atoms with Gasteiger partial charge in [-0.1, -0.05) is 25.5 Å². The Morgan fingerprint density at radius 3 is 2.48 bits per heavy atom. The first-order chi connectivity index (χ1) is 12.2. The third-order valence-corrected chi connectivity index (χ3v) is 4.34. The van der Waals surface area contributed by atoms with Gasteiger partial charge in [-0.25, -0.2) is 0 Å². The number of aromatic nitrogens is 1. The molecule has 0 aliphatic carbocycles. The van der Waals surface area contributed by atoms with E-state index < -0.39 is 0 Å². The lowest BCUT2D eigenvalue weighted by Gasteiger charge is -2.13. The van der Waals surface area contributed by atoms with E-state index in [0.29, 0.717) is 16.7 Å². The minimum absolute atomic E-state index is 0.208. The van der Waals surface area contributed by atoms with Crippen molar-refractivity contribution in [2.45, 2.75) is 26.3 Å². The molecule has 25 heavy (non-hydrogen) atoms. The van der Waals surface area contributed by atoms with Crippen molar-refractivity contribution in [3.8, 4) is 5.75 Å². The number of hydrogen-bond donors (Lipinski definition) is 0. The highest BCUT2D eigenvalue weighted by Gasteiger charge is 2.17. The van der Waals surface area contributed by atoms with Crippen LogP contribution in [-0.4, -0.2) is 17.5 Å². The van der Waals surface area contributed by atoms with Gasteiger partial charge in [0, 0.05) is 23.7 Å². The molecule has 0 bridgehead atoms. The van der Waals surface area contributed by atoms with Gasteiger partial charge in [0.15, 0.2) is 5.78 Å². The fourth-order valence-corrected chi connectivity index (χ4v) is 2.92. The zero-order chi connectivity index (χ0) is 17.8. The van der Waals surface area contributed by atoms with Crippen molar-refractivity contribution < 1.29 is 9.53 Å². The molecule has 0 spiro atoms. The first-order valence-electron chi connectivity index (χ1n) is 8.46. The van der Waals surface area contributed by atoms with Gasteiger partial charge in [-0.05, 0) is 42.8 Å². The number of hydrogen-bond acceptors (Lipinski definition) is 3. The minimum Gasteiger partial charge on any atom is -0.497 e. The number of aryl methyl sites for hydroxylation is 1. The van der Waals surface area contributed by atoms with E-state index in [-0.39, 0.29) is 16.8 Å². The minimum atomic E-state index is -0.261. The van der Waals surface area contributed by atoms with Crippen molar-refractivity contribution in [1.29, 1.82) is 0 Å². The summed E-state index contributed by atoms with van der Waals surface area (Å²) < 4.78 is 7.13. The number of fused-ring (bicyclic) bond motifs is 1. The monoisotopic (exact) mass is 335 g/mol. The van der Waals surface area contributed by atoms with E-state index in [1.165, 1.54) is 0 Å². The number of pyridine rings is 1. The van der Waals surface area contributed by atoms with Crippen molar-refractivity contribution in [3.63, 3.8) is 0 Å². The maximum Gasteiger partial charge on any atom is 0.200 e. The number of carbonyl (C=O) groups is 1. The smallest absolute Gasteiger partial charge is 0.200 e. The topological polar surface area (TPSA) is 48.3 Å². The van der Waals surface area contributed by atoms with Crippen molar-refractivity contribution in [1.82, 2.24) is 4.57 Å². The zero-order valence-electron chi connectivity index (χ0n) is 14.5. The molecule has 1 heterocycles. The Labute approximate surface area is 146 Å². The Morgan fingerprint density at radius 1 is 1.08 bits per heavy atom. The van der Waals surface area contributed by atoms with Gasteiger partial charge in [0.2, 0.25) is 5.43 Å². The summed E-state index contributed by atoms with van der Waals surface area (Å²) in [5.74, 6) is 0.416. The first kappa shape index (κ1) is 17.0. The molecule has 0 amide bonds. The normalized spacial score (nSPS) is 10.8. The maximum atomic E-state index is 12.9. The number of rotatable bonds is 6. The molecule has 3 rings (SSSR count). The van der Waals surface area contributed by atoms with E-state index >= 15 is 0 Å². The second kappa shape index (κ2) is 7.34. The van der Waals surface area contributed by atoms with E-state index in [1.807, 2.05) is 22.8 Å². The summed E-state index contributed by atoms with van der Waals surface area (Å²) in [6.07, 6.45) is 3.73. The summed E-state index contributed by atoms with van der Waals surface area (Å²) in [5.41, 5.74) is 1.34. The van der Waals surface area contributed by atoms with Crippen LogP contribution in [0.25, 0.3) is 10.9 Å². The van der Waals surface area contributed by atoms with Crippen LogP contribution in [0.2, 0.25) is 0 Å². The highest BCUT2D eigenvalue weighted by molar-refractivity contribution is 6.10. The Balaban J connectivity index is 2.12. The van der Waals surface area contributed by atoms with Gasteiger partial charge in [0.25, 0.3) is 0 Å². The lowest BCUT2D eigenvalue weighted by molar-refractivity contribution is 0.103. The van der Waals surface area contributed by atoms with Crippen LogP contribution >= 0.6 is 0 Å². The summed E-state index contributed by atoms with van der Waals surface area (Å²) in [6.45, 7) is 2.90. The first-order valence-corrected chi connectivity index (χ1v) is 8.46. The summed E-state index contributed by atoms with van der Waals surface area (Å²) in [7, 11) is 1.58. The van der Waals surface area contributed by atoms with Gasteiger partial charge < -0.3 is 9.30 Å². The largest absolute Gasteiger partial charge is 0.497 e. The van der Waals surface area contributed by atoms with Gasteiger partial charge in [0.05, 0.1) is 18.2 Å². The number of ketones is 1. The van der Waals surface area contributed by atoms with Crippen LogP contribution in [-0.2, 0) is 6.54 Å². The number of methoxy groups -OCH3 is 1. The Hall–Kier alpha value is -2.88. The summed E-state index contributed by atoms with van der Waals surface area (Å²) >= 11 is 0. The number of nitrogens with zero attached hydrogens (tertiary/aromatic N) is 1. The highest BCUT2D eigenvalue weighted by Crippen LogP contribution is 2.17. The molecule has 1 aromatic heterocycles. The number of carbonyl (C=O) groups excluding carboxylic acids is 1. The van der Waals surface area contributed by atoms with Gasteiger partial charge in [-0.15, -0.1) is 0 Å². The molecule has 3 aromatic rings. The summed E-state index contributed by atoms with van der Waals surface area (Å²) in [5, 5.41) is 0.581. The van der Waals surface area contributed by atoms with Crippen LogP contribution in [0.15, 0.2) is 59.5 Å². The highest BCUT2D eigenvalue weighted by atomic mass is 16.5. The SMILES string of the molecule is CCCCn1cc(C(=O)c2ccc(OC)cc2)c(=O)c2ccccc21. The summed E-state index contributed by atoms with van der Waals surface area (Å²) in [4.78, 5) is 25.7.